The van der Waals surface area contributed by atoms with Gasteiger partial charge >= 0.3 is 0 Å². The third kappa shape index (κ3) is 4.70. The first-order chi connectivity index (χ1) is 12.7. The van der Waals surface area contributed by atoms with Gasteiger partial charge in [0.2, 0.25) is 5.88 Å². The van der Waals surface area contributed by atoms with E-state index in [4.69, 9.17) is 4.74 Å². The molecule has 1 aromatic carbocycles. The van der Waals surface area contributed by atoms with E-state index >= 15 is 0 Å². The van der Waals surface area contributed by atoms with Gasteiger partial charge in [0.25, 0.3) is 0 Å². The predicted octanol–water partition coefficient (Wildman–Crippen LogP) is 4.89. The van der Waals surface area contributed by atoms with Crippen LogP contribution in [0.25, 0.3) is 5.57 Å². The summed E-state index contributed by atoms with van der Waals surface area (Å²) in [7, 11) is 0. The molecule has 4 heteroatoms. The number of nitrogens with zero attached hydrogens (tertiary/aromatic N) is 1. The molecule has 3 rings (SSSR count). The minimum absolute atomic E-state index is 0.204. The summed E-state index contributed by atoms with van der Waals surface area (Å²) in [5.41, 5.74) is 4.12. The van der Waals surface area contributed by atoms with Crippen LogP contribution in [0.1, 0.15) is 49.3 Å². The molecule has 0 atom stereocenters. The van der Waals surface area contributed by atoms with Crippen LogP contribution in [0.2, 0.25) is 0 Å². The number of piperidine rings is 1. The number of hydrogen-bond acceptors (Lipinski definition) is 3. The fraction of sp³-hybridized carbons (Fsp3) is 0.409. The maximum Gasteiger partial charge on any atom is 0.213 e. The first-order valence-electron chi connectivity index (χ1n) is 9.48. The Bertz CT molecular complexity index is 749. The van der Waals surface area contributed by atoms with Crippen LogP contribution in [-0.2, 0) is 0 Å². The molecule has 2 heterocycles. The molecule has 1 fully saturated rings. The van der Waals surface area contributed by atoms with Crippen LogP contribution in [0.4, 0.5) is 4.39 Å². The van der Waals surface area contributed by atoms with Gasteiger partial charge in [-0.3, -0.25) is 0 Å². The van der Waals surface area contributed by atoms with Crippen molar-refractivity contribution >= 4 is 5.57 Å². The zero-order chi connectivity index (χ0) is 18.4. The topological polar surface area (TPSA) is 34.1 Å². The van der Waals surface area contributed by atoms with Gasteiger partial charge in [-0.05, 0) is 74.2 Å². The SMILES string of the molecule is CCCC=C(c1ccc(OC2CCNCC2)nc1)c1ccc(F)cc1C. The molecule has 0 unspecified atom stereocenters. The Morgan fingerprint density at radius 2 is 2.08 bits per heavy atom. The third-order valence-electron chi connectivity index (χ3n) is 4.74. The van der Waals surface area contributed by atoms with E-state index in [9.17, 15) is 4.39 Å². The number of rotatable bonds is 6. The molecule has 2 aromatic rings. The summed E-state index contributed by atoms with van der Waals surface area (Å²) >= 11 is 0. The zero-order valence-electron chi connectivity index (χ0n) is 15.6. The quantitative estimate of drug-likeness (QED) is 0.802. The zero-order valence-corrected chi connectivity index (χ0v) is 15.6. The number of allylic oxidation sites excluding steroid dienone is 1. The monoisotopic (exact) mass is 354 g/mol. The molecule has 0 saturated carbocycles. The highest BCUT2D eigenvalue weighted by Gasteiger charge is 2.15. The largest absolute Gasteiger partial charge is 0.474 e. The second kappa shape index (κ2) is 8.95. The Hall–Kier alpha value is -2.20. The number of hydrogen-bond donors (Lipinski definition) is 1. The highest BCUT2D eigenvalue weighted by molar-refractivity contribution is 5.81. The molecule has 3 nitrogen and oxygen atoms in total. The van der Waals surface area contributed by atoms with Crippen molar-refractivity contribution in [2.45, 2.75) is 45.6 Å². The second-order valence-corrected chi connectivity index (χ2v) is 6.82. The minimum Gasteiger partial charge on any atom is -0.474 e. The lowest BCUT2D eigenvalue weighted by Gasteiger charge is -2.23. The van der Waals surface area contributed by atoms with Crippen molar-refractivity contribution in [3.63, 3.8) is 0 Å². The van der Waals surface area contributed by atoms with Crippen molar-refractivity contribution in [2.75, 3.05) is 13.1 Å². The van der Waals surface area contributed by atoms with Crippen LogP contribution in [0.3, 0.4) is 0 Å². The molecule has 0 spiro atoms. The Labute approximate surface area is 155 Å². The smallest absolute Gasteiger partial charge is 0.213 e. The fourth-order valence-electron chi connectivity index (χ4n) is 3.29. The van der Waals surface area contributed by atoms with E-state index < -0.39 is 0 Å². The van der Waals surface area contributed by atoms with E-state index in [1.165, 1.54) is 6.07 Å². The molecule has 1 aromatic heterocycles. The Balaban J connectivity index is 1.82. The molecular weight excluding hydrogens is 327 g/mol. The Morgan fingerprint density at radius 1 is 1.27 bits per heavy atom. The number of pyridine rings is 1. The van der Waals surface area contributed by atoms with Gasteiger partial charge < -0.3 is 10.1 Å². The van der Waals surface area contributed by atoms with Crippen LogP contribution < -0.4 is 10.1 Å². The molecule has 0 radical (unpaired) electrons. The van der Waals surface area contributed by atoms with Crippen molar-refractivity contribution in [3.05, 3.63) is 65.1 Å². The summed E-state index contributed by atoms with van der Waals surface area (Å²) in [6.45, 7) is 6.09. The maximum atomic E-state index is 13.5. The summed E-state index contributed by atoms with van der Waals surface area (Å²) in [4.78, 5) is 4.52. The van der Waals surface area contributed by atoms with E-state index in [2.05, 4.69) is 23.3 Å². The molecule has 1 aliphatic heterocycles. The van der Waals surface area contributed by atoms with Gasteiger partial charge in [0.15, 0.2) is 0 Å². The lowest BCUT2D eigenvalue weighted by Crippen LogP contribution is -2.34. The van der Waals surface area contributed by atoms with Gasteiger partial charge in [-0.15, -0.1) is 0 Å². The van der Waals surface area contributed by atoms with Gasteiger partial charge in [0.1, 0.15) is 11.9 Å². The molecule has 138 valence electrons. The van der Waals surface area contributed by atoms with Crippen LogP contribution in [0, 0.1) is 12.7 Å². The maximum absolute atomic E-state index is 13.5. The number of aromatic nitrogens is 1. The molecule has 0 amide bonds. The standard InChI is InChI=1S/C22H27FN2O/c1-3-4-5-21(20-8-7-18(23)14-16(20)2)17-6-9-22(25-15-17)26-19-10-12-24-13-11-19/h5-9,14-15,19,24H,3-4,10-13H2,1-2H3. The van der Waals surface area contributed by atoms with Crippen LogP contribution in [0.5, 0.6) is 5.88 Å². The third-order valence-corrected chi connectivity index (χ3v) is 4.74. The second-order valence-electron chi connectivity index (χ2n) is 6.82. The van der Waals surface area contributed by atoms with Gasteiger partial charge in [-0.25, -0.2) is 9.37 Å². The Morgan fingerprint density at radius 3 is 2.73 bits per heavy atom. The van der Waals surface area contributed by atoms with Gasteiger partial charge in [-0.2, -0.15) is 0 Å². The number of halogens is 1. The fourth-order valence-corrected chi connectivity index (χ4v) is 3.29. The molecule has 1 N–H and O–H groups in total. The van der Waals surface area contributed by atoms with Crippen molar-refractivity contribution in [1.82, 2.24) is 10.3 Å². The average molecular weight is 354 g/mol. The molecule has 1 saturated heterocycles. The highest BCUT2D eigenvalue weighted by atomic mass is 19.1. The van der Waals surface area contributed by atoms with Gasteiger partial charge in [0.05, 0.1) is 0 Å². The summed E-state index contributed by atoms with van der Waals surface area (Å²) in [5.74, 6) is 0.469. The highest BCUT2D eigenvalue weighted by Crippen LogP contribution is 2.28. The van der Waals surface area contributed by atoms with E-state index in [1.54, 1.807) is 6.07 Å². The number of nitrogens with one attached hydrogen (secondary N) is 1. The summed E-state index contributed by atoms with van der Waals surface area (Å²) in [6, 6.07) is 8.94. The molecule has 26 heavy (non-hydrogen) atoms. The van der Waals surface area contributed by atoms with E-state index in [0.29, 0.717) is 5.88 Å². The van der Waals surface area contributed by atoms with Crippen LogP contribution in [0.15, 0.2) is 42.6 Å². The lowest BCUT2D eigenvalue weighted by molar-refractivity contribution is 0.156. The summed E-state index contributed by atoms with van der Waals surface area (Å²) in [5, 5.41) is 3.34. The summed E-state index contributed by atoms with van der Waals surface area (Å²) < 4.78 is 19.5. The molecule has 0 aliphatic carbocycles. The minimum atomic E-state index is -0.204. The van der Waals surface area contributed by atoms with Gasteiger partial charge in [0, 0.05) is 17.8 Å². The Kier molecular flexibility index (Phi) is 6.40. The van der Waals surface area contributed by atoms with Crippen LogP contribution >= 0.6 is 0 Å². The van der Waals surface area contributed by atoms with E-state index in [-0.39, 0.29) is 11.9 Å². The van der Waals surface area contributed by atoms with Gasteiger partial charge in [-0.1, -0.05) is 25.5 Å². The first-order valence-corrected chi connectivity index (χ1v) is 9.48. The number of benzene rings is 1. The van der Waals surface area contributed by atoms with E-state index in [0.717, 1.165) is 61.0 Å². The van der Waals surface area contributed by atoms with Crippen molar-refractivity contribution in [1.29, 1.82) is 0 Å². The average Bonchev–Trinajstić information content (AvgIpc) is 2.65. The summed E-state index contributed by atoms with van der Waals surface area (Å²) in [6.07, 6.45) is 8.38. The first kappa shape index (κ1) is 18.6. The lowest BCUT2D eigenvalue weighted by atomic mass is 9.94. The van der Waals surface area contributed by atoms with E-state index in [1.807, 2.05) is 31.3 Å². The number of ether oxygens (including phenoxy) is 1. The molecule has 0 bridgehead atoms. The normalized spacial score (nSPS) is 15.9. The van der Waals surface area contributed by atoms with Crippen molar-refractivity contribution < 1.29 is 9.13 Å². The molecule has 1 aliphatic rings. The van der Waals surface area contributed by atoms with Crippen molar-refractivity contribution in [2.24, 2.45) is 0 Å². The number of aryl methyl sites for hydroxylation is 1. The predicted molar refractivity (Wildman–Crippen MR) is 104 cm³/mol. The number of unbranched alkanes of at least 4 members (excludes halogenated alkanes) is 1. The van der Waals surface area contributed by atoms with Crippen molar-refractivity contribution in [3.8, 4) is 5.88 Å². The van der Waals surface area contributed by atoms with Crippen LogP contribution in [-0.4, -0.2) is 24.2 Å². The molecular formula is C22H27FN2O.